The Morgan fingerprint density at radius 2 is 1.83 bits per heavy atom. The molecule has 0 aliphatic heterocycles. The van der Waals surface area contributed by atoms with Crippen LogP contribution < -0.4 is 15.2 Å². The number of rotatable bonds is 5. The predicted molar refractivity (Wildman–Crippen MR) is 68.9 cm³/mol. The summed E-state index contributed by atoms with van der Waals surface area (Å²) in [5.41, 5.74) is 6.22. The van der Waals surface area contributed by atoms with Crippen molar-refractivity contribution in [3.63, 3.8) is 0 Å². The third-order valence-corrected chi connectivity index (χ3v) is 2.25. The molecule has 0 aliphatic carbocycles. The Kier molecular flexibility index (Phi) is 3.81. The van der Waals surface area contributed by atoms with E-state index in [4.69, 9.17) is 15.2 Å². The first-order valence-electron chi connectivity index (χ1n) is 5.48. The van der Waals surface area contributed by atoms with Crippen molar-refractivity contribution in [3.8, 4) is 17.2 Å². The molecule has 4 nitrogen and oxygen atoms in total. The van der Waals surface area contributed by atoms with Gasteiger partial charge in [-0.1, -0.05) is 18.2 Å². The number of hydrogen-bond acceptors (Lipinski definition) is 4. The molecule has 0 radical (unpaired) electrons. The van der Waals surface area contributed by atoms with Gasteiger partial charge < -0.3 is 15.2 Å². The van der Waals surface area contributed by atoms with Gasteiger partial charge in [0.1, 0.15) is 12.4 Å². The Morgan fingerprint density at radius 3 is 2.56 bits per heavy atom. The van der Waals surface area contributed by atoms with E-state index < -0.39 is 0 Å². The molecule has 2 aromatic rings. The van der Waals surface area contributed by atoms with Crippen LogP contribution in [0.4, 0.5) is 5.69 Å². The molecule has 18 heavy (non-hydrogen) atoms. The molecule has 0 saturated carbocycles. The van der Waals surface area contributed by atoms with Crippen LogP contribution in [0.3, 0.4) is 0 Å². The summed E-state index contributed by atoms with van der Waals surface area (Å²) >= 11 is 0. The third-order valence-electron chi connectivity index (χ3n) is 2.25. The Labute approximate surface area is 105 Å². The molecule has 0 amide bonds. The highest BCUT2D eigenvalue weighted by Gasteiger charge is 2.06. The third kappa shape index (κ3) is 3.01. The van der Waals surface area contributed by atoms with Gasteiger partial charge in [-0.15, -0.1) is 0 Å². The van der Waals surface area contributed by atoms with Crippen molar-refractivity contribution in [2.24, 2.45) is 0 Å². The average Bonchev–Trinajstić information content (AvgIpc) is 2.40. The SMILES string of the molecule is Nc1ccc(Oc2ccccc2)c(OCC=O)c1. The topological polar surface area (TPSA) is 61.6 Å². The van der Waals surface area contributed by atoms with Gasteiger partial charge >= 0.3 is 0 Å². The van der Waals surface area contributed by atoms with Crippen LogP contribution in [0.15, 0.2) is 48.5 Å². The zero-order valence-corrected chi connectivity index (χ0v) is 9.71. The monoisotopic (exact) mass is 243 g/mol. The van der Waals surface area contributed by atoms with E-state index in [1.165, 1.54) is 0 Å². The van der Waals surface area contributed by atoms with E-state index in [1.54, 1.807) is 18.2 Å². The van der Waals surface area contributed by atoms with Crippen LogP contribution in [0.1, 0.15) is 0 Å². The lowest BCUT2D eigenvalue weighted by Gasteiger charge is -2.11. The number of carbonyl (C=O) groups is 1. The van der Waals surface area contributed by atoms with Crippen molar-refractivity contribution in [2.75, 3.05) is 12.3 Å². The number of nitrogen functional groups attached to an aromatic ring is 1. The molecule has 0 spiro atoms. The maximum absolute atomic E-state index is 10.3. The zero-order valence-electron chi connectivity index (χ0n) is 9.71. The first-order valence-corrected chi connectivity index (χ1v) is 5.48. The lowest BCUT2D eigenvalue weighted by molar-refractivity contribution is -0.109. The van der Waals surface area contributed by atoms with E-state index in [-0.39, 0.29) is 6.61 Å². The van der Waals surface area contributed by atoms with Crippen molar-refractivity contribution in [1.29, 1.82) is 0 Å². The Morgan fingerprint density at radius 1 is 1.06 bits per heavy atom. The molecule has 0 saturated heterocycles. The van der Waals surface area contributed by atoms with E-state index in [9.17, 15) is 4.79 Å². The molecule has 4 heteroatoms. The lowest BCUT2D eigenvalue weighted by atomic mass is 10.3. The van der Waals surface area contributed by atoms with Crippen molar-refractivity contribution >= 4 is 12.0 Å². The summed E-state index contributed by atoms with van der Waals surface area (Å²) < 4.78 is 10.9. The second kappa shape index (κ2) is 5.72. The molecule has 0 fully saturated rings. The Balaban J connectivity index is 2.23. The molecule has 0 bridgehead atoms. The minimum atomic E-state index is -0.0331. The first kappa shape index (κ1) is 12.0. The van der Waals surface area contributed by atoms with Crippen LogP contribution in [0.25, 0.3) is 0 Å². The van der Waals surface area contributed by atoms with Crippen LogP contribution in [-0.4, -0.2) is 12.9 Å². The predicted octanol–water partition coefficient (Wildman–Crippen LogP) is 2.64. The summed E-state index contributed by atoms with van der Waals surface area (Å²) in [6.07, 6.45) is 0.676. The van der Waals surface area contributed by atoms with Crippen molar-refractivity contribution in [2.45, 2.75) is 0 Å². The molecule has 2 aromatic carbocycles. The highest BCUT2D eigenvalue weighted by Crippen LogP contribution is 2.33. The van der Waals surface area contributed by atoms with Gasteiger partial charge in [0, 0.05) is 11.8 Å². The second-order valence-corrected chi connectivity index (χ2v) is 3.60. The van der Waals surface area contributed by atoms with E-state index >= 15 is 0 Å². The summed E-state index contributed by atoms with van der Waals surface area (Å²) in [7, 11) is 0. The van der Waals surface area contributed by atoms with Gasteiger partial charge in [-0.2, -0.15) is 0 Å². The van der Waals surface area contributed by atoms with E-state index in [0.29, 0.717) is 29.2 Å². The fourth-order valence-corrected chi connectivity index (χ4v) is 1.46. The quantitative estimate of drug-likeness (QED) is 0.647. The second-order valence-electron chi connectivity index (χ2n) is 3.60. The summed E-state index contributed by atoms with van der Waals surface area (Å²) in [5, 5.41) is 0. The standard InChI is InChI=1S/C14H13NO3/c15-11-6-7-13(14(10-11)17-9-8-16)18-12-4-2-1-3-5-12/h1-8,10H,9,15H2. The van der Waals surface area contributed by atoms with Gasteiger partial charge in [-0.25, -0.2) is 0 Å². The molecule has 0 atom stereocenters. The van der Waals surface area contributed by atoms with E-state index in [2.05, 4.69) is 0 Å². The number of anilines is 1. The number of aldehydes is 1. The summed E-state index contributed by atoms with van der Waals surface area (Å²) in [6.45, 7) is -0.0331. The maximum Gasteiger partial charge on any atom is 0.169 e. The summed E-state index contributed by atoms with van der Waals surface area (Å²) in [4.78, 5) is 10.3. The van der Waals surface area contributed by atoms with Crippen molar-refractivity contribution in [1.82, 2.24) is 0 Å². The van der Waals surface area contributed by atoms with Gasteiger partial charge in [-0.3, -0.25) is 4.79 Å². The van der Waals surface area contributed by atoms with Crippen LogP contribution in [0.2, 0.25) is 0 Å². The van der Waals surface area contributed by atoms with Crippen molar-refractivity contribution in [3.05, 3.63) is 48.5 Å². The molecule has 0 heterocycles. The van der Waals surface area contributed by atoms with Gasteiger partial charge in [0.15, 0.2) is 17.8 Å². The number of nitrogens with two attached hydrogens (primary N) is 1. The molecule has 0 unspecified atom stereocenters. The maximum atomic E-state index is 10.3. The number of ether oxygens (including phenoxy) is 2. The van der Waals surface area contributed by atoms with Gasteiger partial charge in [0.25, 0.3) is 0 Å². The van der Waals surface area contributed by atoms with Crippen molar-refractivity contribution < 1.29 is 14.3 Å². The molecule has 92 valence electrons. The average molecular weight is 243 g/mol. The number of benzene rings is 2. The largest absolute Gasteiger partial charge is 0.482 e. The van der Waals surface area contributed by atoms with Gasteiger partial charge in [0.2, 0.25) is 0 Å². The van der Waals surface area contributed by atoms with E-state index in [1.807, 2.05) is 30.3 Å². The molecular formula is C14H13NO3. The minimum Gasteiger partial charge on any atom is -0.482 e. The Hall–Kier alpha value is -2.49. The smallest absolute Gasteiger partial charge is 0.169 e. The summed E-state index contributed by atoms with van der Waals surface area (Å²) in [5.74, 6) is 1.67. The van der Waals surface area contributed by atoms with Crippen LogP contribution in [0.5, 0.6) is 17.2 Å². The van der Waals surface area contributed by atoms with Crippen LogP contribution >= 0.6 is 0 Å². The van der Waals surface area contributed by atoms with E-state index in [0.717, 1.165) is 0 Å². The highest BCUT2D eigenvalue weighted by molar-refractivity contribution is 5.56. The molecule has 2 N–H and O–H groups in total. The molecule has 0 aliphatic rings. The molecule has 0 aromatic heterocycles. The first-order chi connectivity index (χ1) is 8.79. The number of carbonyl (C=O) groups excluding carboxylic acids is 1. The van der Waals surface area contributed by atoms with Crippen LogP contribution in [-0.2, 0) is 4.79 Å². The molecular weight excluding hydrogens is 230 g/mol. The molecule has 2 rings (SSSR count). The normalized spacial score (nSPS) is 9.78. The zero-order chi connectivity index (χ0) is 12.8. The minimum absolute atomic E-state index is 0.0331. The fourth-order valence-electron chi connectivity index (χ4n) is 1.46. The fraction of sp³-hybridized carbons (Fsp3) is 0.0714. The lowest BCUT2D eigenvalue weighted by Crippen LogP contribution is -2.00. The Bertz CT molecular complexity index is 526. The van der Waals surface area contributed by atoms with Crippen LogP contribution in [0, 0.1) is 0 Å². The highest BCUT2D eigenvalue weighted by atomic mass is 16.5. The number of para-hydroxylation sites is 1. The number of hydrogen-bond donors (Lipinski definition) is 1. The van der Waals surface area contributed by atoms with Gasteiger partial charge in [-0.05, 0) is 24.3 Å². The van der Waals surface area contributed by atoms with Gasteiger partial charge in [0.05, 0.1) is 0 Å². The summed E-state index contributed by atoms with van der Waals surface area (Å²) in [6, 6.07) is 14.4.